The van der Waals surface area contributed by atoms with Crippen LogP contribution in [0.15, 0.2) is 54.6 Å². The lowest BCUT2D eigenvalue weighted by Gasteiger charge is -2.16. The van der Waals surface area contributed by atoms with Crippen molar-refractivity contribution in [2.75, 3.05) is 13.1 Å². The third-order valence-electron chi connectivity index (χ3n) is 4.78. The van der Waals surface area contributed by atoms with E-state index in [0.29, 0.717) is 10.6 Å². The van der Waals surface area contributed by atoms with Gasteiger partial charge in [-0.3, -0.25) is 9.69 Å². The Morgan fingerprint density at radius 1 is 1.21 bits per heavy atom. The number of likely N-dealkylation sites (tertiary alicyclic amines) is 1. The molecule has 1 aliphatic heterocycles. The number of rotatable bonds is 6. The number of nitrogens with zero attached hydrogens (tertiary/aromatic N) is 1. The lowest BCUT2D eigenvalue weighted by molar-refractivity contribution is -0.137. The molecule has 2 aromatic carbocycles. The number of halogens is 4. The average Bonchev–Trinajstić information content (AvgIpc) is 3.10. The highest BCUT2D eigenvalue weighted by Crippen LogP contribution is 2.29. The number of amides is 1. The maximum atomic E-state index is 12.7. The van der Waals surface area contributed by atoms with Gasteiger partial charge in [-0.05, 0) is 41.8 Å². The Bertz CT molecular complexity index is 865. The Morgan fingerprint density at radius 2 is 1.97 bits per heavy atom. The van der Waals surface area contributed by atoms with Gasteiger partial charge in [0.15, 0.2) is 0 Å². The molecule has 1 fully saturated rings. The summed E-state index contributed by atoms with van der Waals surface area (Å²) in [5, 5.41) is 3.70. The number of hydrogen-bond acceptors (Lipinski definition) is 2. The number of alkyl halides is 3. The Labute approximate surface area is 173 Å². The molecule has 0 spiro atoms. The van der Waals surface area contributed by atoms with Crippen molar-refractivity contribution >= 4 is 23.6 Å². The summed E-state index contributed by atoms with van der Waals surface area (Å²) in [7, 11) is 0. The molecule has 0 aromatic heterocycles. The van der Waals surface area contributed by atoms with E-state index in [2.05, 4.69) is 10.2 Å². The molecule has 1 aliphatic rings. The molecular weight excluding hydrogens is 401 g/mol. The molecule has 29 heavy (non-hydrogen) atoms. The second kappa shape index (κ2) is 9.46. The first-order valence-electron chi connectivity index (χ1n) is 9.39. The first-order valence-corrected chi connectivity index (χ1v) is 9.77. The van der Waals surface area contributed by atoms with Crippen LogP contribution in [0.2, 0.25) is 5.02 Å². The highest BCUT2D eigenvalue weighted by Gasteiger charge is 2.30. The minimum absolute atomic E-state index is 0.0803. The summed E-state index contributed by atoms with van der Waals surface area (Å²) < 4.78 is 38.2. The van der Waals surface area contributed by atoms with Gasteiger partial charge in [-0.15, -0.1) is 0 Å². The molecule has 0 unspecified atom stereocenters. The van der Waals surface area contributed by atoms with E-state index in [0.717, 1.165) is 38.2 Å². The van der Waals surface area contributed by atoms with Crippen molar-refractivity contribution in [2.24, 2.45) is 0 Å². The number of carbonyl (C=O) groups is 1. The minimum Gasteiger partial charge on any atom is -0.352 e. The van der Waals surface area contributed by atoms with Gasteiger partial charge in [-0.2, -0.15) is 13.2 Å². The molecule has 154 valence electrons. The zero-order chi connectivity index (χ0) is 20.9. The van der Waals surface area contributed by atoms with Crippen molar-refractivity contribution in [3.8, 4) is 0 Å². The van der Waals surface area contributed by atoms with Crippen molar-refractivity contribution in [3.63, 3.8) is 0 Å². The van der Waals surface area contributed by atoms with Gasteiger partial charge in [0.25, 0.3) is 0 Å². The standard InChI is InChI=1S/C22H22ClF3N2O/c23-19-9-7-17(8-10-19)14-28-12-11-20(15-28)27-21(29)6-2-4-16-3-1-5-18(13-16)22(24,25)26/h1-5,7-10,13,20H,6,11-12,14-15H2,(H,27,29)/b4-2+/t20-/m1/s1. The predicted octanol–water partition coefficient (Wildman–Crippen LogP) is 5.15. The van der Waals surface area contributed by atoms with Crippen molar-refractivity contribution < 1.29 is 18.0 Å². The van der Waals surface area contributed by atoms with Crippen molar-refractivity contribution in [1.82, 2.24) is 10.2 Å². The third-order valence-corrected chi connectivity index (χ3v) is 5.04. The Balaban J connectivity index is 1.44. The highest BCUT2D eigenvalue weighted by atomic mass is 35.5. The maximum Gasteiger partial charge on any atom is 0.416 e. The topological polar surface area (TPSA) is 32.3 Å². The SMILES string of the molecule is O=C(C/C=C/c1cccc(C(F)(F)F)c1)N[C@@H]1CCN(Cc2ccc(Cl)cc2)C1. The smallest absolute Gasteiger partial charge is 0.352 e. The fraction of sp³-hybridized carbons (Fsp3) is 0.318. The molecule has 0 saturated carbocycles. The second-order valence-corrected chi connectivity index (χ2v) is 7.58. The average molecular weight is 423 g/mol. The molecule has 1 atom stereocenters. The molecule has 7 heteroatoms. The molecule has 0 bridgehead atoms. The molecule has 1 N–H and O–H groups in total. The van der Waals surface area contributed by atoms with E-state index in [9.17, 15) is 18.0 Å². The normalized spacial score (nSPS) is 17.7. The summed E-state index contributed by atoms with van der Waals surface area (Å²) in [6.45, 7) is 2.47. The molecule has 1 heterocycles. The lowest BCUT2D eigenvalue weighted by atomic mass is 10.1. The van der Waals surface area contributed by atoms with Crippen LogP contribution in [-0.4, -0.2) is 29.9 Å². The monoisotopic (exact) mass is 422 g/mol. The van der Waals surface area contributed by atoms with Crippen LogP contribution in [0.3, 0.4) is 0 Å². The van der Waals surface area contributed by atoms with E-state index < -0.39 is 11.7 Å². The maximum absolute atomic E-state index is 12.7. The number of benzene rings is 2. The molecule has 0 radical (unpaired) electrons. The van der Waals surface area contributed by atoms with Crippen molar-refractivity contribution in [1.29, 1.82) is 0 Å². The van der Waals surface area contributed by atoms with E-state index in [1.165, 1.54) is 17.7 Å². The fourth-order valence-electron chi connectivity index (χ4n) is 3.35. The molecule has 3 rings (SSSR count). The van der Waals surface area contributed by atoms with Gasteiger partial charge in [0.05, 0.1) is 5.56 Å². The summed E-state index contributed by atoms with van der Waals surface area (Å²) in [6, 6.07) is 12.8. The van der Waals surface area contributed by atoms with Crippen LogP contribution >= 0.6 is 11.6 Å². The van der Waals surface area contributed by atoms with E-state index in [1.807, 2.05) is 24.3 Å². The van der Waals surface area contributed by atoms with Gasteiger partial charge >= 0.3 is 6.18 Å². The summed E-state index contributed by atoms with van der Waals surface area (Å²) in [4.78, 5) is 14.4. The summed E-state index contributed by atoms with van der Waals surface area (Å²) >= 11 is 5.90. The van der Waals surface area contributed by atoms with E-state index in [1.54, 1.807) is 12.1 Å². The number of nitrogens with one attached hydrogen (secondary N) is 1. The van der Waals surface area contributed by atoms with Crippen molar-refractivity contribution in [3.05, 3.63) is 76.3 Å². The Morgan fingerprint density at radius 3 is 2.69 bits per heavy atom. The van der Waals surface area contributed by atoms with Crippen LogP contribution < -0.4 is 5.32 Å². The quantitative estimate of drug-likeness (QED) is 0.698. The van der Waals surface area contributed by atoms with Crippen LogP contribution in [-0.2, 0) is 17.5 Å². The molecule has 1 amide bonds. The lowest BCUT2D eigenvalue weighted by Crippen LogP contribution is -2.36. The first kappa shape index (κ1) is 21.4. The number of carbonyl (C=O) groups excluding carboxylic acids is 1. The summed E-state index contributed by atoms with van der Waals surface area (Å²) in [5.41, 5.74) is 0.892. The molecule has 2 aromatic rings. The minimum atomic E-state index is -4.37. The van der Waals surface area contributed by atoms with Crippen LogP contribution in [0.1, 0.15) is 29.5 Å². The molecule has 1 saturated heterocycles. The zero-order valence-corrected chi connectivity index (χ0v) is 16.5. The molecule has 3 nitrogen and oxygen atoms in total. The van der Waals surface area contributed by atoms with Crippen LogP contribution in [0.4, 0.5) is 13.2 Å². The van der Waals surface area contributed by atoms with E-state index in [-0.39, 0.29) is 18.4 Å². The third kappa shape index (κ3) is 6.61. The Hall–Kier alpha value is -2.31. The van der Waals surface area contributed by atoms with E-state index in [4.69, 9.17) is 11.6 Å². The van der Waals surface area contributed by atoms with Crippen LogP contribution in [0, 0.1) is 0 Å². The summed E-state index contributed by atoms with van der Waals surface area (Å²) in [6.07, 6.45) is -0.246. The number of hydrogen-bond donors (Lipinski definition) is 1. The Kier molecular flexibility index (Phi) is 6.98. The molecular formula is C22H22ClF3N2O. The van der Waals surface area contributed by atoms with E-state index >= 15 is 0 Å². The largest absolute Gasteiger partial charge is 0.416 e. The summed E-state index contributed by atoms with van der Waals surface area (Å²) in [5.74, 6) is -0.133. The van der Waals surface area contributed by atoms with Gasteiger partial charge in [0.2, 0.25) is 5.91 Å². The van der Waals surface area contributed by atoms with Crippen LogP contribution in [0.5, 0.6) is 0 Å². The van der Waals surface area contributed by atoms with Gasteiger partial charge in [-0.1, -0.05) is 48.0 Å². The fourth-order valence-corrected chi connectivity index (χ4v) is 3.48. The second-order valence-electron chi connectivity index (χ2n) is 7.14. The van der Waals surface area contributed by atoms with Gasteiger partial charge in [0, 0.05) is 37.1 Å². The highest BCUT2D eigenvalue weighted by molar-refractivity contribution is 6.30. The van der Waals surface area contributed by atoms with Gasteiger partial charge in [0.1, 0.15) is 0 Å². The van der Waals surface area contributed by atoms with Gasteiger partial charge in [-0.25, -0.2) is 0 Å². The van der Waals surface area contributed by atoms with Gasteiger partial charge < -0.3 is 5.32 Å². The van der Waals surface area contributed by atoms with Crippen LogP contribution in [0.25, 0.3) is 6.08 Å². The van der Waals surface area contributed by atoms with Crippen molar-refractivity contribution in [2.45, 2.75) is 31.6 Å². The zero-order valence-electron chi connectivity index (χ0n) is 15.8. The predicted molar refractivity (Wildman–Crippen MR) is 108 cm³/mol. The first-order chi connectivity index (χ1) is 13.8. The molecule has 0 aliphatic carbocycles.